The molecule has 0 aliphatic rings. The quantitative estimate of drug-likeness (QED) is 0.778. The monoisotopic (exact) mass is 264 g/mol. The van der Waals surface area contributed by atoms with Crippen LogP contribution in [0.15, 0.2) is 18.5 Å². The number of ether oxygens (including phenoxy) is 2. The second kappa shape index (κ2) is 5.89. The van der Waals surface area contributed by atoms with Gasteiger partial charge in [0.1, 0.15) is 5.82 Å². The minimum Gasteiger partial charge on any atom is -0.481 e. The molecule has 19 heavy (non-hydrogen) atoms. The number of hydrogen-bond acceptors (Lipinski definition) is 7. The van der Waals surface area contributed by atoms with E-state index in [4.69, 9.17) is 15.2 Å². The third-order valence-corrected chi connectivity index (χ3v) is 2.37. The third-order valence-electron chi connectivity index (χ3n) is 2.37. The summed E-state index contributed by atoms with van der Waals surface area (Å²) in [6.45, 7) is 1.32. The number of rotatable bonds is 6. The van der Waals surface area contributed by atoms with Crippen LogP contribution in [0.25, 0.3) is 0 Å². The van der Waals surface area contributed by atoms with E-state index in [0.29, 0.717) is 30.5 Å². The van der Waals surface area contributed by atoms with E-state index >= 15 is 0 Å². The number of nitrogen functional groups attached to an aromatic ring is 1. The SMILES string of the molecule is COc1cc(NCCn2cc(N)cn2)nc(OC)n1. The van der Waals surface area contributed by atoms with E-state index in [-0.39, 0.29) is 6.01 Å². The van der Waals surface area contributed by atoms with Crippen molar-refractivity contribution in [3.8, 4) is 11.9 Å². The van der Waals surface area contributed by atoms with E-state index in [9.17, 15) is 0 Å². The van der Waals surface area contributed by atoms with Crippen LogP contribution in [-0.2, 0) is 6.54 Å². The van der Waals surface area contributed by atoms with Gasteiger partial charge < -0.3 is 20.5 Å². The molecule has 8 heteroatoms. The van der Waals surface area contributed by atoms with Gasteiger partial charge in [-0.1, -0.05) is 0 Å². The zero-order valence-electron chi connectivity index (χ0n) is 10.8. The molecule has 102 valence electrons. The van der Waals surface area contributed by atoms with Crippen LogP contribution in [0.4, 0.5) is 11.5 Å². The molecule has 0 aromatic carbocycles. The van der Waals surface area contributed by atoms with Gasteiger partial charge in [-0.25, -0.2) is 0 Å². The largest absolute Gasteiger partial charge is 0.481 e. The highest BCUT2D eigenvalue weighted by molar-refractivity contribution is 5.39. The fourth-order valence-electron chi connectivity index (χ4n) is 1.49. The molecular weight excluding hydrogens is 248 g/mol. The van der Waals surface area contributed by atoms with Crippen LogP contribution in [0.3, 0.4) is 0 Å². The zero-order chi connectivity index (χ0) is 13.7. The third kappa shape index (κ3) is 3.47. The molecule has 0 amide bonds. The molecule has 8 nitrogen and oxygen atoms in total. The minimum atomic E-state index is 0.255. The smallest absolute Gasteiger partial charge is 0.321 e. The van der Waals surface area contributed by atoms with Crippen molar-refractivity contribution < 1.29 is 9.47 Å². The number of nitrogens with two attached hydrogens (primary N) is 1. The maximum absolute atomic E-state index is 5.58. The number of hydrogen-bond donors (Lipinski definition) is 2. The van der Waals surface area contributed by atoms with E-state index in [2.05, 4.69) is 20.4 Å². The van der Waals surface area contributed by atoms with Crippen LogP contribution in [0.1, 0.15) is 0 Å². The Morgan fingerprint density at radius 1 is 1.32 bits per heavy atom. The van der Waals surface area contributed by atoms with Crippen LogP contribution in [0, 0.1) is 0 Å². The van der Waals surface area contributed by atoms with Crippen molar-refractivity contribution in [1.29, 1.82) is 0 Å². The van der Waals surface area contributed by atoms with Crippen molar-refractivity contribution in [3.63, 3.8) is 0 Å². The van der Waals surface area contributed by atoms with Crippen molar-refractivity contribution in [1.82, 2.24) is 19.7 Å². The highest BCUT2D eigenvalue weighted by atomic mass is 16.5. The molecule has 0 saturated heterocycles. The Morgan fingerprint density at radius 3 is 2.79 bits per heavy atom. The maximum atomic E-state index is 5.58. The molecule has 0 saturated carbocycles. The summed E-state index contributed by atoms with van der Waals surface area (Å²) in [5.74, 6) is 1.07. The number of methoxy groups -OCH3 is 2. The number of nitrogens with one attached hydrogen (secondary N) is 1. The van der Waals surface area contributed by atoms with E-state index in [1.807, 2.05) is 0 Å². The Hall–Kier alpha value is -2.51. The minimum absolute atomic E-state index is 0.255. The summed E-state index contributed by atoms with van der Waals surface area (Å²) in [6.07, 6.45) is 3.37. The Bertz CT molecular complexity index is 519. The Labute approximate surface area is 110 Å². The Balaban J connectivity index is 1.95. The Morgan fingerprint density at radius 2 is 2.16 bits per heavy atom. The molecule has 3 N–H and O–H groups in total. The van der Waals surface area contributed by atoms with Crippen LogP contribution in [-0.4, -0.2) is 40.5 Å². The predicted molar refractivity (Wildman–Crippen MR) is 70.3 cm³/mol. The molecule has 0 bridgehead atoms. The van der Waals surface area contributed by atoms with Crippen LogP contribution < -0.4 is 20.5 Å². The van der Waals surface area contributed by atoms with Gasteiger partial charge in [-0.2, -0.15) is 15.1 Å². The van der Waals surface area contributed by atoms with Gasteiger partial charge in [0, 0.05) is 18.8 Å². The maximum Gasteiger partial charge on any atom is 0.321 e. The van der Waals surface area contributed by atoms with Crippen molar-refractivity contribution in [2.45, 2.75) is 6.54 Å². The van der Waals surface area contributed by atoms with Gasteiger partial charge in [0.15, 0.2) is 0 Å². The molecule has 0 unspecified atom stereocenters. The molecule has 0 aliphatic heterocycles. The molecule has 0 fully saturated rings. The molecular formula is C11H16N6O2. The van der Waals surface area contributed by atoms with E-state index < -0.39 is 0 Å². The molecule has 0 aliphatic carbocycles. The highest BCUT2D eigenvalue weighted by Crippen LogP contribution is 2.16. The molecule has 2 heterocycles. The number of anilines is 2. The molecule has 0 radical (unpaired) electrons. The lowest BCUT2D eigenvalue weighted by Gasteiger charge is -2.08. The van der Waals surface area contributed by atoms with Gasteiger partial charge in [-0.3, -0.25) is 4.68 Å². The van der Waals surface area contributed by atoms with Gasteiger partial charge in [-0.15, -0.1) is 0 Å². The fourth-order valence-corrected chi connectivity index (χ4v) is 1.49. The lowest BCUT2D eigenvalue weighted by Crippen LogP contribution is -2.12. The van der Waals surface area contributed by atoms with E-state index in [1.54, 1.807) is 23.1 Å². The Kier molecular flexibility index (Phi) is 4.01. The summed E-state index contributed by atoms with van der Waals surface area (Å²) in [4.78, 5) is 8.17. The molecule has 2 rings (SSSR count). The first kappa shape index (κ1) is 12.9. The van der Waals surface area contributed by atoms with Gasteiger partial charge >= 0.3 is 6.01 Å². The molecule has 2 aromatic rings. The summed E-state index contributed by atoms with van der Waals surface area (Å²) >= 11 is 0. The fraction of sp³-hybridized carbons (Fsp3) is 0.364. The van der Waals surface area contributed by atoms with Crippen molar-refractivity contribution in [3.05, 3.63) is 18.5 Å². The average molecular weight is 264 g/mol. The lowest BCUT2D eigenvalue weighted by molar-refractivity contribution is 0.353. The standard InChI is InChI=1S/C11H16N6O2/c1-18-10-5-9(15-11(16-10)19-2)13-3-4-17-7-8(12)6-14-17/h5-7H,3-4,12H2,1-2H3,(H,13,15,16). The van der Waals surface area contributed by atoms with Crippen LogP contribution >= 0.6 is 0 Å². The average Bonchev–Trinajstić information content (AvgIpc) is 2.84. The van der Waals surface area contributed by atoms with Crippen molar-refractivity contribution >= 4 is 11.5 Å². The summed E-state index contributed by atoms with van der Waals surface area (Å²) in [5, 5.41) is 7.22. The zero-order valence-corrected chi connectivity index (χ0v) is 10.8. The van der Waals surface area contributed by atoms with Crippen LogP contribution in [0.2, 0.25) is 0 Å². The summed E-state index contributed by atoms with van der Waals surface area (Å²) in [7, 11) is 3.04. The van der Waals surface area contributed by atoms with Gasteiger partial charge in [0.05, 0.1) is 32.6 Å². The summed E-state index contributed by atoms with van der Waals surface area (Å²) in [5.41, 5.74) is 6.22. The van der Waals surface area contributed by atoms with Gasteiger partial charge in [0.25, 0.3) is 0 Å². The first-order valence-electron chi connectivity index (χ1n) is 5.70. The highest BCUT2D eigenvalue weighted by Gasteiger charge is 2.04. The van der Waals surface area contributed by atoms with Crippen molar-refractivity contribution in [2.24, 2.45) is 0 Å². The molecule has 0 spiro atoms. The van der Waals surface area contributed by atoms with Gasteiger partial charge in [-0.05, 0) is 0 Å². The van der Waals surface area contributed by atoms with E-state index in [1.165, 1.54) is 14.2 Å². The van der Waals surface area contributed by atoms with Gasteiger partial charge in [0.2, 0.25) is 5.88 Å². The number of aromatic nitrogens is 4. The van der Waals surface area contributed by atoms with Crippen molar-refractivity contribution in [2.75, 3.05) is 31.8 Å². The first-order valence-corrected chi connectivity index (χ1v) is 5.70. The predicted octanol–water partition coefficient (Wildman–Crippen LogP) is 0.385. The molecule has 0 atom stereocenters. The second-order valence-corrected chi connectivity index (χ2v) is 3.75. The summed E-state index contributed by atoms with van der Waals surface area (Å²) < 4.78 is 11.8. The second-order valence-electron chi connectivity index (χ2n) is 3.75. The normalized spacial score (nSPS) is 10.2. The molecule has 2 aromatic heterocycles. The first-order chi connectivity index (χ1) is 9.21. The van der Waals surface area contributed by atoms with E-state index in [0.717, 1.165) is 0 Å². The van der Waals surface area contributed by atoms with Crippen LogP contribution in [0.5, 0.6) is 11.9 Å². The number of nitrogens with zero attached hydrogens (tertiary/aromatic N) is 4. The topological polar surface area (TPSA) is 100 Å². The summed E-state index contributed by atoms with van der Waals surface area (Å²) in [6, 6.07) is 1.95. The lowest BCUT2D eigenvalue weighted by atomic mass is 10.5.